The van der Waals surface area contributed by atoms with Crippen molar-refractivity contribution in [3.63, 3.8) is 0 Å². The first-order chi connectivity index (χ1) is 13.6. The standard InChI is InChI=1S/C21H27N5OS/c1-4-5-16-19-17(8-9-22-16)28-21(26-19)18-12(2)23-13(3)24-20(18)25-15-7-6-14(10-15)11-27/h8-9,14-15,27H,4-7,10-11H2,1-3H3,(H,23,24,25). The van der Waals surface area contributed by atoms with Crippen LogP contribution in [0, 0.1) is 19.8 Å². The molecule has 28 heavy (non-hydrogen) atoms. The molecule has 7 heteroatoms. The highest BCUT2D eigenvalue weighted by atomic mass is 32.1. The summed E-state index contributed by atoms with van der Waals surface area (Å²) >= 11 is 1.68. The molecule has 0 bridgehead atoms. The molecule has 0 spiro atoms. The van der Waals surface area contributed by atoms with E-state index in [2.05, 4.69) is 22.2 Å². The largest absolute Gasteiger partial charge is 0.396 e. The van der Waals surface area contributed by atoms with Crippen LogP contribution in [0.25, 0.3) is 20.8 Å². The van der Waals surface area contributed by atoms with E-state index in [1.807, 2.05) is 26.1 Å². The Labute approximate surface area is 169 Å². The summed E-state index contributed by atoms with van der Waals surface area (Å²) in [6.45, 7) is 6.37. The molecule has 2 atom stereocenters. The second-order valence-corrected chi connectivity index (χ2v) is 8.69. The summed E-state index contributed by atoms with van der Waals surface area (Å²) < 4.78 is 1.15. The van der Waals surface area contributed by atoms with Crippen molar-refractivity contribution in [1.82, 2.24) is 19.9 Å². The quantitative estimate of drug-likeness (QED) is 0.645. The molecule has 3 aromatic heterocycles. The van der Waals surface area contributed by atoms with Crippen molar-refractivity contribution >= 4 is 27.4 Å². The molecule has 6 nitrogen and oxygen atoms in total. The van der Waals surface area contributed by atoms with Crippen molar-refractivity contribution in [3.05, 3.63) is 29.5 Å². The molecule has 148 valence electrons. The van der Waals surface area contributed by atoms with Gasteiger partial charge in [-0.15, -0.1) is 11.3 Å². The zero-order valence-electron chi connectivity index (χ0n) is 16.7. The van der Waals surface area contributed by atoms with Crippen molar-refractivity contribution in [2.45, 2.75) is 58.9 Å². The van der Waals surface area contributed by atoms with Crippen LogP contribution in [0.1, 0.15) is 49.8 Å². The Balaban J connectivity index is 1.75. The number of thiazole rings is 1. The molecule has 0 amide bonds. The SMILES string of the molecule is CCCc1nccc2sc(-c3c(C)nc(C)nc3NC3CCC(CO)C3)nc12. The highest BCUT2D eigenvalue weighted by Gasteiger charge is 2.26. The van der Waals surface area contributed by atoms with Crippen LogP contribution in [0.2, 0.25) is 0 Å². The second-order valence-electron chi connectivity index (χ2n) is 7.66. The predicted molar refractivity (Wildman–Crippen MR) is 114 cm³/mol. The number of aromatic nitrogens is 4. The van der Waals surface area contributed by atoms with Gasteiger partial charge in [0.15, 0.2) is 0 Å². The van der Waals surface area contributed by atoms with Crippen LogP contribution in [0.4, 0.5) is 5.82 Å². The topological polar surface area (TPSA) is 83.8 Å². The van der Waals surface area contributed by atoms with Crippen LogP contribution in [-0.4, -0.2) is 37.7 Å². The number of aliphatic hydroxyl groups is 1. The normalized spacial score (nSPS) is 19.4. The Morgan fingerprint density at radius 1 is 1.21 bits per heavy atom. The van der Waals surface area contributed by atoms with E-state index >= 15 is 0 Å². The van der Waals surface area contributed by atoms with E-state index in [-0.39, 0.29) is 6.61 Å². The summed E-state index contributed by atoms with van der Waals surface area (Å²) in [6.07, 6.45) is 6.94. The van der Waals surface area contributed by atoms with Gasteiger partial charge in [-0.3, -0.25) is 4.98 Å². The third-order valence-electron chi connectivity index (χ3n) is 5.43. The summed E-state index contributed by atoms with van der Waals surface area (Å²) in [5, 5.41) is 14.0. The number of hydrogen-bond acceptors (Lipinski definition) is 7. The fourth-order valence-electron chi connectivity index (χ4n) is 4.07. The van der Waals surface area contributed by atoms with Crippen LogP contribution < -0.4 is 5.32 Å². The highest BCUT2D eigenvalue weighted by molar-refractivity contribution is 7.21. The maximum Gasteiger partial charge on any atom is 0.140 e. The maximum absolute atomic E-state index is 9.45. The van der Waals surface area contributed by atoms with Gasteiger partial charge in [-0.05, 0) is 51.5 Å². The van der Waals surface area contributed by atoms with Crippen molar-refractivity contribution in [2.24, 2.45) is 5.92 Å². The van der Waals surface area contributed by atoms with Gasteiger partial charge in [0.1, 0.15) is 22.2 Å². The molecule has 1 fully saturated rings. The third-order valence-corrected chi connectivity index (χ3v) is 6.46. The zero-order valence-corrected chi connectivity index (χ0v) is 17.5. The molecule has 4 rings (SSSR count). The number of aliphatic hydroxyl groups excluding tert-OH is 1. The monoisotopic (exact) mass is 397 g/mol. The number of fused-ring (bicyclic) bond motifs is 1. The molecular formula is C21H27N5OS. The molecule has 0 aliphatic heterocycles. The predicted octanol–water partition coefficient (Wildman–Crippen LogP) is 4.29. The molecule has 0 saturated heterocycles. The minimum Gasteiger partial charge on any atom is -0.396 e. The molecule has 0 radical (unpaired) electrons. The lowest BCUT2D eigenvalue weighted by molar-refractivity contribution is 0.229. The van der Waals surface area contributed by atoms with Crippen LogP contribution in [0.15, 0.2) is 12.3 Å². The molecule has 2 N–H and O–H groups in total. The van der Waals surface area contributed by atoms with E-state index in [0.717, 1.165) is 75.9 Å². The Bertz CT molecular complexity index is 986. The number of aryl methyl sites for hydroxylation is 3. The lowest BCUT2D eigenvalue weighted by atomic mass is 10.1. The molecule has 2 unspecified atom stereocenters. The summed E-state index contributed by atoms with van der Waals surface area (Å²) in [4.78, 5) is 18.8. The first-order valence-electron chi connectivity index (χ1n) is 10.1. The zero-order chi connectivity index (χ0) is 19.7. The third kappa shape index (κ3) is 3.73. The van der Waals surface area contributed by atoms with Gasteiger partial charge in [-0.2, -0.15) is 0 Å². The number of nitrogens with one attached hydrogen (secondary N) is 1. The van der Waals surface area contributed by atoms with Crippen molar-refractivity contribution in [1.29, 1.82) is 0 Å². The van der Waals surface area contributed by atoms with E-state index in [9.17, 15) is 5.11 Å². The first kappa shape index (κ1) is 19.2. The van der Waals surface area contributed by atoms with E-state index < -0.39 is 0 Å². The summed E-state index contributed by atoms with van der Waals surface area (Å²) in [6, 6.07) is 2.37. The maximum atomic E-state index is 9.45. The Morgan fingerprint density at radius 3 is 2.82 bits per heavy atom. The van der Waals surface area contributed by atoms with Gasteiger partial charge in [-0.25, -0.2) is 15.0 Å². The van der Waals surface area contributed by atoms with Gasteiger partial charge in [0.25, 0.3) is 0 Å². The molecule has 3 heterocycles. The van der Waals surface area contributed by atoms with Crippen LogP contribution in [0.5, 0.6) is 0 Å². The lowest BCUT2D eigenvalue weighted by Crippen LogP contribution is -2.18. The lowest BCUT2D eigenvalue weighted by Gasteiger charge is -2.17. The number of rotatable bonds is 6. The second kappa shape index (κ2) is 8.09. The van der Waals surface area contributed by atoms with E-state index in [0.29, 0.717) is 12.0 Å². The molecule has 1 saturated carbocycles. The van der Waals surface area contributed by atoms with E-state index in [1.165, 1.54) is 0 Å². The van der Waals surface area contributed by atoms with Gasteiger partial charge < -0.3 is 10.4 Å². The van der Waals surface area contributed by atoms with Gasteiger partial charge >= 0.3 is 0 Å². The number of hydrogen-bond donors (Lipinski definition) is 2. The van der Waals surface area contributed by atoms with Crippen LogP contribution in [0.3, 0.4) is 0 Å². The van der Waals surface area contributed by atoms with Gasteiger partial charge in [-0.1, -0.05) is 13.3 Å². The fourth-order valence-corrected chi connectivity index (χ4v) is 5.15. The summed E-state index contributed by atoms with van der Waals surface area (Å²) in [5.41, 5.74) is 3.98. The number of nitrogens with zero attached hydrogens (tertiary/aromatic N) is 4. The fraction of sp³-hybridized carbons (Fsp3) is 0.524. The highest BCUT2D eigenvalue weighted by Crippen LogP contribution is 2.37. The Kier molecular flexibility index (Phi) is 5.55. The molecule has 3 aromatic rings. The minimum absolute atomic E-state index is 0.262. The number of anilines is 1. The average Bonchev–Trinajstić information content (AvgIpc) is 3.28. The molecule has 0 aromatic carbocycles. The van der Waals surface area contributed by atoms with E-state index in [1.54, 1.807) is 11.3 Å². The molecular weight excluding hydrogens is 370 g/mol. The van der Waals surface area contributed by atoms with Crippen molar-refractivity contribution in [3.8, 4) is 10.6 Å². The van der Waals surface area contributed by atoms with Gasteiger partial charge in [0.2, 0.25) is 0 Å². The summed E-state index contributed by atoms with van der Waals surface area (Å²) in [7, 11) is 0. The smallest absolute Gasteiger partial charge is 0.140 e. The Morgan fingerprint density at radius 2 is 2.07 bits per heavy atom. The van der Waals surface area contributed by atoms with Crippen LogP contribution >= 0.6 is 11.3 Å². The van der Waals surface area contributed by atoms with E-state index in [4.69, 9.17) is 9.97 Å². The van der Waals surface area contributed by atoms with Crippen molar-refractivity contribution in [2.75, 3.05) is 11.9 Å². The minimum atomic E-state index is 0.262. The van der Waals surface area contributed by atoms with Gasteiger partial charge in [0, 0.05) is 18.8 Å². The average molecular weight is 398 g/mol. The molecule has 1 aliphatic carbocycles. The summed E-state index contributed by atoms with van der Waals surface area (Å²) in [5.74, 6) is 2.00. The first-order valence-corrected chi connectivity index (χ1v) is 10.9. The molecule has 1 aliphatic rings. The Hall–Kier alpha value is -2.12. The van der Waals surface area contributed by atoms with Gasteiger partial charge in [0.05, 0.1) is 21.7 Å². The number of pyridine rings is 1. The van der Waals surface area contributed by atoms with Crippen molar-refractivity contribution < 1.29 is 5.11 Å². The van der Waals surface area contributed by atoms with Crippen LogP contribution in [-0.2, 0) is 6.42 Å².